The third-order valence-electron chi connectivity index (χ3n) is 3.00. The van der Waals surface area contributed by atoms with Crippen molar-refractivity contribution in [2.24, 2.45) is 0 Å². The molecule has 1 aliphatic heterocycles. The van der Waals surface area contributed by atoms with Gasteiger partial charge in [0.2, 0.25) is 0 Å². The summed E-state index contributed by atoms with van der Waals surface area (Å²) in [6.45, 7) is 2.52. The Morgan fingerprint density at radius 3 is 2.90 bits per heavy atom. The molecule has 2 rings (SSSR count). The van der Waals surface area contributed by atoms with Gasteiger partial charge in [-0.3, -0.25) is 4.79 Å². The van der Waals surface area contributed by atoms with Crippen molar-refractivity contribution in [1.82, 2.24) is 0 Å². The highest BCUT2D eigenvalue weighted by Crippen LogP contribution is 2.31. The summed E-state index contributed by atoms with van der Waals surface area (Å²) in [7, 11) is 1.37. The maximum atomic E-state index is 14.0. The number of hydrogen-bond donors (Lipinski definition) is 0. The van der Waals surface area contributed by atoms with Crippen LogP contribution in [0.4, 0.5) is 4.39 Å². The third kappa shape index (κ3) is 3.17. The minimum atomic E-state index is -0.506. The maximum Gasteiger partial charge on any atom is 0.310 e. The summed E-state index contributed by atoms with van der Waals surface area (Å²) in [5.41, 5.74) is 1.13. The highest BCUT2D eigenvalue weighted by molar-refractivity contribution is 5.73. The van der Waals surface area contributed by atoms with E-state index >= 15 is 0 Å². The largest absolute Gasteiger partial charge is 0.493 e. The fourth-order valence-electron chi connectivity index (χ4n) is 2.17. The van der Waals surface area contributed by atoms with Gasteiger partial charge >= 0.3 is 5.97 Å². The second-order valence-electron chi connectivity index (χ2n) is 4.36. The lowest BCUT2D eigenvalue weighted by Gasteiger charge is -2.14. The molecule has 0 bridgehead atoms. The van der Waals surface area contributed by atoms with Gasteiger partial charge in [-0.05, 0) is 24.6 Å². The molecule has 20 heavy (non-hydrogen) atoms. The van der Waals surface area contributed by atoms with Gasteiger partial charge in [-0.25, -0.2) is 4.39 Å². The van der Waals surface area contributed by atoms with E-state index < -0.39 is 11.8 Å². The molecule has 108 valence electrons. The van der Waals surface area contributed by atoms with Crippen LogP contribution in [-0.2, 0) is 20.7 Å². The van der Waals surface area contributed by atoms with Gasteiger partial charge < -0.3 is 14.2 Å². The van der Waals surface area contributed by atoms with Gasteiger partial charge in [0.1, 0.15) is 6.10 Å². The number of hydrogen-bond acceptors (Lipinski definition) is 4. The number of benzene rings is 1. The van der Waals surface area contributed by atoms with Crippen LogP contribution in [0, 0.1) is 5.82 Å². The van der Waals surface area contributed by atoms with Crippen LogP contribution >= 0.6 is 0 Å². The number of carbonyl (C=O) groups excluding carboxylic acids is 1. The van der Waals surface area contributed by atoms with E-state index in [-0.39, 0.29) is 24.9 Å². The van der Waals surface area contributed by atoms with E-state index in [0.29, 0.717) is 17.7 Å². The first-order valence-electron chi connectivity index (χ1n) is 6.46. The summed E-state index contributed by atoms with van der Waals surface area (Å²) in [5, 5.41) is 0. The van der Waals surface area contributed by atoms with Crippen molar-refractivity contribution in [3.8, 4) is 5.75 Å². The van der Waals surface area contributed by atoms with E-state index in [2.05, 4.69) is 0 Å². The van der Waals surface area contributed by atoms with Gasteiger partial charge in [0, 0.05) is 5.56 Å². The number of carbonyl (C=O) groups is 1. The van der Waals surface area contributed by atoms with Crippen molar-refractivity contribution in [3.05, 3.63) is 41.2 Å². The van der Waals surface area contributed by atoms with E-state index in [1.165, 1.54) is 13.2 Å². The molecule has 0 spiro atoms. The molecule has 0 aliphatic carbocycles. The number of ether oxygens (including phenoxy) is 3. The highest BCUT2D eigenvalue weighted by atomic mass is 19.1. The van der Waals surface area contributed by atoms with Crippen LogP contribution < -0.4 is 4.74 Å². The number of halogens is 1. The van der Waals surface area contributed by atoms with Crippen LogP contribution in [0.5, 0.6) is 5.75 Å². The predicted molar refractivity (Wildman–Crippen MR) is 71.1 cm³/mol. The molecule has 0 fully saturated rings. The highest BCUT2D eigenvalue weighted by Gasteiger charge is 2.20. The summed E-state index contributed by atoms with van der Waals surface area (Å²) >= 11 is 0. The second-order valence-corrected chi connectivity index (χ2v) is 4.36. The monoisotopic (exact) mass is 280 g/mol. The Morgan fingerprint density at radius 1 is 1.50 bits per heavy atom. The molecule has 0 saturated heterocycles. The van der Waals surface area contributed by atoms with Crippen molar-refractivity contribution in [3.63, 3.8) is 0 Å². The summed E-state index contributed by atoms with van der Waals surface area (Å²) in [6.07, 6.45) is 3.42. The third-order valence-corrected chi connectivity index (χ3v) is 3.00. The Labute approximate surface area is 117 Å². The fourth-order valence-corrected chi connectivity index (χ4v) is 2.17. The van der Waals surface area contributed by atoms with Crippen molar-refractivity contribution in [2.45, 2.75) is 19.4 Å². The van der Waals surface area contributed by atoms with Gasteiger partial charge in [0.15, 0.2) is 11.6 Å². The lowest BCUT2D eigenvalue weighted by atomic mass is 10.0. The molecule has 0 saturated carbocycles. The SMILES string of the molecule is CCOC(=O)Cc1cc(C2C=CCO2)cc(F)c1OC. The number of esters is 1. The predicted octanol–water partition coefficient (Wildman–Crippen LogP) is 2.57. The smallest absolute Gasteiger partial charge is 0.310 e. The van der Waals surface area contributed by atoms with Crippen molar-refractivity contribution in [2.75, 3.05) is 20.3 Å². The van der Waals surface area contributed by atoms with Crippen molar-refractivity contribution >= 4 is 5.97 Å². The van der Waals surface area contributed by atoms with E-state index in [9.17, 15) is 9.18 Å². The Kier molecular flexibility index (Phi) is 4.74. The molecule has 0 amide bonds. The standard InChI is InChI=1S/C15H17FO4/c1-3-19-14(17)9-11-7-10(13-5-4-6-20-13)8-12(16)15(11)18-2/h4-5,7-8,13H,3,6,9H2,1-2H3. The zero-order valence-electron chi connectivity index (χ0n) is 11.5. The molecule has 0 radical (unpaired) electrons. The first-order chi connectivity index (χ1) is 9.65. The molecule has 1 atom stereocenters. The summed E-state index contributed by atoms with van der Waals surface area (Å²) in [5.74, 6) is -0.845. The number of rotatable bonds is 5. The molecule has 1 aliphatic rings. The lowest BCUT2D eigenvalue weighted by Crippen LogP contribution is -2.10. The van der Waals surface area contributed by atoms with E-state index in [1.54, 1.807) is 13.0 Å². The molecule has 1 unspecified atom stereocenters. The lowest BCUT2D eigenvalue weighted by molar-refractivity contribution is -0.142. The van der Waals surface area contributed by atoms with Crippen LogP contribution in [0.15, 0.2) is 24.3 Å². The minimum Gasteiger partial charge on any atom is -0.493 e. The van der Waals surface area contributed by atoms with Crippen LogP contribution in [0.2, 0.25) is 0 Å². The Bertz CT molecular complexity index is 525. The van der Waals surface area contributed by atoms with Crippen LogP contribution in [0.3, 0.4) is 0 Å². The average molecular weight is 280 g/mol. The van der Waals surface area contributed by atoms with Crippen molar-refractivity contribution < 1.29 is 23.4 Å². The molecule has 0 aromatic heterocycles. The van der Waals surface area contributed by atoms with Crippen LogP contribution in [0.25, 0.3) is 0 Å². The molecule has 1 aromatic carbocycles. The molecular formula is C15H17FO4. The molecule has 1 heterocycles. The zero-order chi connectivity index (χ0) is 14.5. The molecule has 5 heteroatoms. The second kappa shape index (κ2) is 6.52. The molecule has 0 N–H and O–H groups in total. The Morgan fingerprint density at radius 2 is 2.30 bits per heavy atom. The van der Waals surface area contributed by atoms with Gasteiger partial charge in [-0.1, -0.05) is 12.2 Å². The molecular weight excluding hydrogens is 263 g/mol. The first-order valence-corrected chi connectivity index (χ1v) is 6.46. The van der Waals surface area contributed by atoms with E-state index in [4.69, 9.17) is 14.2 Å². The summed E-state index contributed by atoms with van der Waals surface area (Å²) < 4.78 is 29.4. The van der Waals surface area contributed by atoms with Crippen LogP contribution in [-0.4, -0.2) is 26.3 Å². The van der Waals surface area contributed by atoms with E-state index in [1.807, 2.05) is 12.2 Å². The van der Waals surface area contributed by atoms with E-state index in [0.717, 1.165) is 0 Å². The fraction of sp³-hybridized carbons (Fsp3) is 0.400. The normalized spacial score (nSPS) is 17.2. The Hall–Kier alpha value is -1.88. The Balaban J connectivity index is 2.31. The van der Waals surface area contributed by atoms with Crippen LogP contribution in [0.1, 0.15) is 24.2 Å². The van der Waals surface area contributed by atoms with Crippen molar-refractivity contribution in [1.29, 1.82) is 0 Å². The molecule has 4 nitrogen and oxygen atoms in total. The average Bonchev–Trinajstić information content (AvgIpc) is 2.92. The topological polar surface area (TPSA) is 44.8 Å². The summed E-state index contributed by atoms with van der Waals surface area (Å²) in [6, 6.07) is 3.09. The van der Waals surface area contributed by atoms with Gasteiger partial charge in [-0.2, -0.15) is 0 Å². The van der Waals surface area contributed by atoms with Gasteiger partial charge in [-0.15, -0.1) is 0 Å². The minimum absolute atomic E-state index is 0.0296. The van der Waals surface area contributed by atoms with Gasteiger partial charge in [0.05, 0.1) is 26.7 Å². The quantitative estimate of drug-likeness (QED) is 0.614. The number of methoxy groups -OCH3 is 1. The maximum absolute atomic E-state index is 14.0. The van der Waals surface area contributed by atoms with Gasteiger partial charge in [0.25, 0.3) is 0 Å². The first kappa shape index (κ1) is 14.5. The summed E-state index contributed by atoms with van der Waals surface area (Å²) in [4.78, 5) is 11.6. The molecule has 1 aromatic rings. The zero-order valence-corrected chi connectivity index (χ0v) is 11.5.